The Kier molecular flexibility index (Phi) is 14.6. The fraction of sp³-hybridized carbons (Fsp3) is 0.609. The fourth-order valence-electron chi connectivity index (χ4n) is 2.82. The second-order valence-electron chi connectivity index (χ2n) is 7.98. The van der Waals surface area contributed by atoms with Gasteiger partial charge in [0.05, 0.1) is 6.61 Å². The summed E-state index contributed by atoms with van der Waals surface area (Å²) in [6.07, 6.45) is 15.9. The quantitative estimate of drug-likeness (QED) is 0.141. The number of amides is 1. The van der Waals surface area contributed by atoms with Crippen molar-refractivity contribution in [3.63, 3.8) is 0 Å². The standard InChI is InChI=1S/C23H40NO5P/c1-7-10-20(4)17-21(5)14-9-12-18(2)11-8-13-19(3)15-16-29-24-23(25)22(6)30(26,27)28/h7,10-11,14-15,20,22H,8-9,12-13,16-17H2,1-6H3,(H,24,25)(H2,26,27,28)/b10-7?,18-11+,19-15+,21-14+. The summed E-state index contributed by atoms with van der Waals surface area (Å²) in [7, 11) is -4.45. The molecule has 1 amide bonds. The normalized spacial score (nSPS) is 16.1. The largest absolute Gasteiger partial charge is 0.337 e. The van der Waals surface area contributed by atoms with Gasteiger partial charge in [-0.25, -0.2) is 5.48 Å². The van der Waals surface area contributed by atoms with Gasteiger partial charge in [-0.15, -0.1) is 0 Å². The van der Waals surface area contributed by atoms with E-state index in [9.17, 15) is 9.36 Å². The molecule has 0 aliphatic carbocycles. The van der Waals surface area contributed by atoms with E-state index < -0.39 is 19.2 Å². The molecule has 0 saturated heterocycles. The molecular formula is C23H40NO5P. The minimum absolute atomic E-state index is 0.157. The Morgan fingerprint density at radius 2 is 1.53 bits per heavy atom. The zero-order valence-electron chi connectivity index (χ0n) is 19.4. The number of hydrogen-bond acceptors (Lipinski definition) is 3. The smallest absolute Gasteiger partial charge is 0.324 e. The molecule has 172 valence electrons. The summed E-state index contributed by atoms with van der Waals surface area (Å²) < 4.78 is 11.0. The van der Waals surface area contributed by atoms with E-state index in [1.54, 1.807) is 0 Å². The summed E-state index contributed by atoms with van der Waals surface area (Å²) in [6.45, 7) is 12.0. The van der Waals surface area contributed by atoms with Crippen molar-refractivity contribution in [2.75, 3.05) is 6.61 Å². The molecule has 0 radical (unpaired) electrons. The Morgan fingerprint density at radius 3 is 2.07 bits per heavy atom. The minimum atomic E-state index is -4.45. The molecule has 0 aromatic rings. The summed E-state index contributed by atoms with van der Waals surface area (Å²) >= 11 is 0. The molecule has 0 aliphatic heterocycles. The maximum atomic E-state index is 11.5. The summed E-state index contributed by atoms with van der Waals surface area (Å²) in [6, 6.07) is 0. The van der Waals surface area contributed by atoms with Crippen LogP contribution < -0.4 is 5.48 Å². The SMILES string of the molecule is CC=CC(C)C/C(C)=C/CC/C(C)=C/CC/C(C)=C/CONC(=O)C(C)P(=O)(O)O. The van der Waals surface area contributed by atoms with E-state index in [1.165, 1.54) is 11.1 Å². The van der Waals surface area contributed by atoms with Gasteiger partial charge in [0, 0.05) is 0 Å². The molecule has 7 heteroatoms. The summed E-state index contributed by atoms with van der Waals surface area (Å²) in [5, 5.41) is 0. The second-order valence-corrected chi connectivity index (χ2v) is 9.93. The Balaban J connectivity index is 4.15. The van der Waals surface area contributed by atoms with Crippen molar-refractivity contribution >= 4 is 13.5 Å². The Morgan fingerprint density at radius 1 is 1.00 bits per heavy atom. The number of rotatable bonds is 14. The molecule has 6 nitrogen and oxygen atoms in total. The van der Waals surface area contributed by atoms with E-state index in [-0.39, 0.29) is 6.61 Å². The van der Waals surface area contributed by atoms with Crippen LogP contribution in [0.25, 0.3) is 0 Å². The van der Waals surface area contributed by atoms with Crippen LogP contribution in [0.4, 0.5) is 0 Å². The Bertz CT molecular complexity index is 688. The molecule has 2 atom stereocenters. The van der Waals surface area contributed by atoms with E-state index in [2.05, 4.69) is 57.5 Å². The maximum absolute atomic E-state index is 11.5. The van der Waals surface area contributed by atoms with E-state index in [0.717, 1.165) is 44.6 Å². The average Bonchev–Trinajstić information content (AvgIpc) is 2.63. The van der Waals surface area contributed by atoms with Gasteiger partial charge in [-0.2, -0.15) is 0 Å². The third kappa shape index (κ3) is 14.5. The summed E-state index contributed by atoms with van der Waals surface area (Å²) in [4.78, 5) is 34.4. The molecule has 2 unspecified atom stereocenters. The number of hydrogen-bond donors (Lipinski definition) is 3. The van der Waals surface area contributed by atoms with Crippen molar-refractivity contribution in [3.05, 3.63) is 47.1 Å². The molecule has 30 heavy (non-hydrogen) atoms. The van der Waals surface area contributed by atoms with E-state index in [0.29, 0.717) is 5.92 Å². The van der Waals surface area contributed by atoms with Gasteiger partial charge in [-0.05, 0) is 72.6 Å². The molecule has 0 aromatic carbocycles. The van der Waals surface area contributed by atoms with Gasteiger partial charge in [0.2, 0.25) is 0 Å². The molecule has 0 spiro atoms. The van der Waals surface area contributed by atoms with Gasteiger partial charge in [0.25, 0.3) is 5.91 Å². The van der Waals surface area contributed by atoms with Crippen molar-refractivity contribution in [2.24, 2.45) is 5.92 Å². The Hall–Kier alpha value is -1.46. The molecular weight excluding hydrogens is 401 g/mol. The highest BCUT2D eigenvalue weighted by Gasteiger charge is 2.30. The second kappa shape index (κ2) is 15.4. The zero-order chi connectivity index (χ0) is 23.2. The van der Waals surface area contributed by atoms with Crippen LogP contribution in [-0.4, -0.2) is 28.0 Å². The lowest BCUT2D eigenvalue weighted by atomic mass is 10.00. The van der Waals surface area contributed by atoms with Crippen molar-refractivity contribution < 1.29 is 24.0 Å². The number of allylic oxidation sites excluding steroid dienone is 7. The number of carbonyl (C=O) groups excluding carboxylic acids is 1. The first kappa shape index (κ1) is 28.5. The van der Waals surface area contributed by atoms with Gasteiger partial charge in [0.15, 0.2) is 0 Å². The molecule has 0 rings (SSSR count). The first-order valence-corrected chi connectivity index (χ1v) is 12.2. The van der Waals surface area contributed by atoms with Crippen molar-refractivity contribution in [2.45, 2.75) is 79.3 Å². The summed E-state index contributed by atoms with van der Waals surface area (Å²) in [5.41, 5.74) is 4.59. The number of hydroxylamine groups is 1. The third-order valence-electron chi connectivity index (χ3n) is 4.80. The lowest BCUT2D eigenvalue weighted by Crippen LogP contribution is -2.32. The van der Waals surface area contributed by atoms with E-state index in [4.69, 9.17) is 14.6 Å². The highest BCUT2D eigenvalue weighted by Crippen LogP contribution is 2.40. The first-order chi connectivity index (χ1) is 14.0. The molecule has 0 bridgehead atoms. The molecule has 3 N–H and O–H groups in total. The van der Waals surface area contributed by atoms with Crippen molar-refractivity contribution in [1.82, 2.24) is 5.48 Å². The van der Waals surface area contributed by atoms with E-state index in [1.807, 2.05) is 13.0 Å². The van der Waals surface area contributed by atoms with Crippen LogP contribution in [0, 0.1) is 5.92 Å². The van der Waals surface area contributed by atoms with Crippen LogP contribution in [-0.2, 0) is 14.2 Å². The highest BCUT2D eigenvalue weighted by molar-refractivity contribution is 7.53. The van der Waals surface area contributed by atoms with Crippen LogP contribution in [0.3, 0.4) is 0 Å². The first-order valence-electron chi connectivity index (χ1n) is 10.5. The minimum Gasteiger partial charge on any atom is -0.324 e. The van der Waals surface area contributed by atoms with Gasteiger partial charge in [-0.1, -0.05) is 54.0 Å². The Labute approximate surface area is 182 Å². The number of carbonyl (C=O) groups is 1. The molecule has 0 aromatic heterocycles. The van der Waals surface area contributed by atoms with Crippen LogP contribution in [0.1, 0.15) is 73.6 Å². The average molecular weight is 442 g/mol. The van der Waals surface area contributed by atoms with Crippen LogP contribution in [0.15, 0.2) is 47.1 Å². The maximum Gasteiger partial charge on any atom is 0.337 e. The number of nitrogens with one attached hydrogen (secondary N) is 1. The van der Waals surface area contributed by atoms with E-state index >= 15 is 0 Å². The molecule has 0 aliphatic rings. The fourth-order valence-corrected chi connectivity index (χ4v) is 3.18. The summed E-state index contributed by atoms with van der Waals surface area (Å²) in [5.74, 6) is -0.238. The predicted molar refractivity (Wildman–Crippen MR) is 124 cm³/mol. The molecule has 0 saturated carbocycles. The van der Waals surface area contributed by atoms with Gasteiger partial charge >= 0.3 is 7.60 Å². The lowest BCUT2D eigenvalue weighted by Gasteiger charge is -2.12. The third-order valence-corrected chi connectivity index (χ3v) is 6.04. The van der Waals surface area contributed by atoms with Crippen LogP contribution >= 0.6 is 7.60 Å². The highest BCUT2D eigenvalue weighted by atomic mass is 31.2. The predicted octanol–water partition coefficient (Wildman–Crippen LogP) is 5.60. The monoisotopic (exact) mass is 441 g/mol. The van der Waals surface area contributed by atoms with Gasteiger partial charge in [0.1, 0.15) is 5.66 Å². The molecule has 0 heterocycles. The van der Waals surface area contributed by atoms with Crippen LogP contribution in [0.5, 0.6) is 0 Å². The van der Waals surface area contributed by atoms with Gasteiger partial charge in [-0.3, -0.25) is 14.2 Å². The van der Waals surface area contributed by atoms with Crippen LogP contribution in [0.2, 0.25) is 0 Å². The lowest BCUT2D eigenvalue weighted by molar-refractivity contribution is -0.132. The topological polar surface area (TPSA) is 95.9 Å². The van der Waals surface area contributed by atoms with Crippen molar-refractivity contribution in [3.8, 4) is 0 Å². The molecule has 0 fully saturated rings. The van der Waals surface area contributed by atoms with Gasteiger partial charge < -0.3 is 9.79 Å². The van der Waals surface area contributed by atoms with Crippen molar-refractivity contribution in [1.29, 1.82) is 0 Å². The zero-order valence-corrected chi connectivity index (χ0v) is 20.2.